The van der Waals surface area contributed by atoms with Crippen molar-refractivity contribution in [3.05, 3.63) is 34.1 Å². The molecule has 1 N–H and O–H groups in total. The molecular formula is C12H12BrFO2. The Balaban J connectivity index is 2.31. The largest absolute Gasteiger partial charge is 0.481 e. The highest BCUT2D eigenvalue weighted by Gasteiger charge is 2.33. The minimum absolute atomic E-state index is 0.165. The molecule has 0 spiro atoms. The number of hydrogen-bond acceptors (Lipinski definition) is 1. The van der Waals surface area contributed by atoms with Gasteiger partial charge in [-0.2, -0.15) is 0 Å². The Morgan fingerprint density at radius 2 is 2.19 bits per heavy atom. The van der Waals surface area contributed by atoms with E-state index < -0.39 is 17.7 Å². The van der Waals surface area contributed by atoms with E-state index in [1.807, 2.05) is 0 Å². The first-order valence-electron chi connectivity index (χ1n) is 5.27. The summed E-state index contributed by atoms with van der Waals surface area (Å²) in [5.41, 5.74) is 0.568. The first kappa shape index (κ1) is 11.6. The van der Waals surface area contributed by atoms with Gasteiger partial charge in [0.25, 0.3) is 0 Å². The number of halogens is 2. The zero-order valence-electron chi connectivity index (χ0n) is 8.62. The van der Waals surface area contributed by atoms with E-state index in [4.69, 9.17) is 0 Å². The van der Waals surface area contributed by atoms with E-state index in [2.05, 4.69) is 15.9 Å². The SMILES string of the molecule is O=C(O)C(c1ccc(Br)c(F)c1)C1CCC1. The van der Waals surface area contributed by atoms with Crippen LogP contribution >= 0.6 is 15.9 Å². The molecule has 1 saturated carbocycles. The first-order valence-corrected chi connectivity index (χ1v) is 6.06. The lowest BCUT2D eigenvalue weighted by Crippen LogP contribution is -2.26. The summed E-state index contributed by atoms with van der Waals surface area (Å²) in [6.07, 6.45) is 2.93. The number of aliphatic carboxylic acids is 1. The molecule has 0 bridgehead atoms. The monoisotopic (exact) mass is 286 g/mol. The van der Waals surface area contributed by atoms with Crippen molar-refractivity contribution in [3.63, 3.8) is 0 Å². The fourth-order valence-corrected chi connectivity index (χ4v) is 2.34. The quantitative estimate of drug-likeness (QED) is 0.923. The standard InChI is InChI=1S/C12H12BrFO2/c13-9-5-4-8(6-10(9)14)11(12(15)16)7-2-1-3-7/h4-7,11H,1-3H2,(H,15,16). The number of benzene rings is 1. The summed E-state index contributed by atoms with van der Waals surface area (Å²) in [4.78, 5) is 11.2. The van der Waals surface area contributed by atoms with E-state index in [-0.39, 0.29) is 5.92 Å². The van der Waals surface area contributed by atoms with E-state index in [0.717, 1.165) is 19.3 Å². The highest BCUT2D eigenvalue weighted by molar-refractivity contribution is 9.10. The van der Waals surface area contributed by atoms with Crippen molar-refractivity contribution in [1.29, 1.82) is 0 Å². The Kier molecular flexibility index (Phi) is 3.28. The van der Waals surface area contributed by atoms with Crippen LogP contribution in [0.4, 0.5) is 4.39 Å². The van der Waals surface area contributed by atoms with E-state index in [0.29, 0.717) is 10.0 Å². The smallest absolute Gasteiger partial charge is 0.311 e. The van der Waals surface area contributed by atoms with Gasteiger partial charge in [0, 0.05) is 0 Å². The van der Waals surface area contributed by atoms with Gasteiger partial charge >= 0.3 is 5.97 Å². The molecule has 1 aromatic rings. The van der Waals surface area contributed by atoms with Gasteiger partial charge in [-0.05, 0) is 52.4 Å². The summed E-state index contributed by atoms with van der Waals surface area (Å²) in [7, 11) is 0. The molecule has 1 unspecified atom stereocenters. The maximum atomic E-state index is 13.3. The second kappa shape index (κ2) is 4.53. The van der Waals surface area contributed by atoms with Crippen molar-refractivity contribution < 1.29 is 14.3 Å². The number of rotatable bonds is 3. The second-order valence-electron chi connectivity index (χ2n) is 4.18. The number of carbonyl (C=O) groups is 1. The Hall–Kier alpha value is -0.900. The molecule has 86 valence electrons. The first-order chi connectivity index (χ1) is 7.59. The molecule has 4 heteroatoms. The van der Waals surface area contributed by atoms with Crippen LogP contribution in [0, 0.1) is 11.7 Å². The van der Waals surface area contributed by atoms with Gasteiger partial charge in [0.2, 0.25) is 0 Å². The molecule has 1 aromatic carbocycles. The van der Waals surface area contributed by atoms with E-state index in [1.54, 1.807) is 12.1 Å². The zero-order chi connectivity index (χ0) is 11.7. The summed E-state index contributed by atoms with van der Waals surface area (Å²) in [5.74, 6) is -1.65. The molecule has 2 rings (SSSR count). The Bertz CT molecular complexity index is 415. The van der Waals surface area contributed by atoms with Crippen molar-refractivity contribution in [3.8, 4) is 0 Å². The molecule has 16 heavy (non-hydrogen) atoms. The maximum Gasteiger partial charge on any atom is 0.311 e. The van der Waals surface area contributed by atoms with Crippen molar-refractivity contribution >= 4 is 21.9 Å². The van der Waals surface area contributed by atoms with Crippen LogP contribution in [-0.4, -0.2) is 11.1 Å². The van der Waals surface area contributed by atoms with Crippen molar-refractivity contribution in [2.45, 2.75) is 25.2 Å². The van der Waals surface area contributed by atoms with Gasteiger partial charge in [-0.1, -0.05) is 12.5 Å². The third-order valence-electron chi connectivity index (χ3n) is 3.19. The predicted molar refractivity (Wildman–Crippen MR) is 61.8 cm³/mol. The lowest BCUT2D eigenvalue weighted by molar-refractivity contribution is -0.141. The Morgan fingerprint density at radius 3 is 2.62 bits per heavy atom. The van der Waals surface area contributed by atoms with Gasteiger partial charge in [-0.3, -0.25) is 4.79 Å². The van der Waals surface area contributed by atoms with Gasteiger partial charge in [-0.25, -0.2) is 4.39 Å². The number of carboxylic acids is 1. The molecule has 0 heterocycles. The van der Waals surface area contributed by atoms with Gasteiger partial charge < -0.3 is 5.11 Å². The van der Waals surface area contributed by atoms with Crippen LogP contribution in [0.15, 0.2) is 22.7 Å². The van der Waals surface area contributed by atoms with Crippen LogP contribution in [0.25, 0.3) is 0 Å². The lowest BCUT2D eigenvalue weighted by atomic mass is 9.73. The molecular weight excluding hydrogens is 275 g/mol. The van der Waals surface area contributed by atoms with E-state index >= 15 is 0 Å². The predicted octanol–water partition coefficient (Wildman–Crippen LogP) is 3.56. The van der Waals surface area contributed by atoms with E-state index in [1.165, 1.54) is 6.07 Å². The van der Waals surface area contributed by atoms with Gasteiger partial charge in [-0.15, -0.1) is 0 Å². The van der Waals surface area contributed by atoms with E-state index in [9.17, 15) is 14.3 Å². The maximum absolute atomic E-state index is 13.3. The summed E-state index contributed by atoms with van der Waals surface area (Å²) in [6.45, 7) is 0. The minimum atomic E-state index is -0.855. The fraction of sp³-hybridized carbons (Fsp3) is 0.417. The third kappa shape index (κ3) is 2.12. The second-order valence-corrected chi connectivity index (χ2v) is 5.03. The van der Waals surface area contributed by atoms with Crippen LogP contribution in [0.5, 0.6) is 0 Å². The molecule has 0 radical (unpaired) electrons. The molecule has 1 fully saturated rings. The Labute approximate surface area is 102 Å². The molecule has 0 aromatic heterocycles. The van der Waals surface area contributed by atoms with Crippen LogP contribution < -0.4 is 0 Å². The molecule has 1 aliphatic rings. The minimum Gasteiger partial charge on any atom is -0.481 e. The average Bonchev–Trinajstić information content (AvgIpc) is 2.15. The molecule has 2 nitrogen and oxygen atoms in total. The fourth-order valence-electron chi connectivity index (χ4n) is 2.10. The average molecular weight is 287 g/mol. The van der Waals surface area contributed by atoms with Crippen LogP contribution in [-0.2, 0) is 4.79 Å². The molecule has 1 atom stereocenters. The highest BCUT2D eigenvalue weighted by atomic mass is 79.9. The summed E-state index contributed by atoms with van der Waals surface area (Å²) in [5, 5.41) is 9.19. The highest BCUT2D eigenvalue weighted by Crippen LogP contribution is 2.40. The Morgan fingerprint density at radius 1 is 1.50 bits per heavy atom. The van der Waals surface area contributed by atoms with Crippen LogP contribution in [0.3, 0.4) is 0 Å². The number of hydrogen-bond donors (Lipinski definition) is 1. The lowest BCUT2D eigenvalue weighted by Gasteiger charge is -2.31. The molecule has 0 amide bonds. The summed E-state index contributed by atoms with van der Waals surface area (Å²) < 4.78 is 13.7. The third-order valence-corrected chi connectivity index (χ3v) is 3.83. The van der Waals surface area contributed by atoms with Crippen LogP contribution in [0.1, 0.15) is 30.7 Å². The topological polar surface area (TPSA) is 37.3 Å². The van der Waals surface area contributed by atoms with Crippen LogP contribution in [0.2, 0.25) is 0 Å². The summed E-state index contributed by atoms with van der Waals surface area (Å²) >= 11 is 3.06. The van der Waals surface area contributed by atoms with Crippen molar-refractivity contribution in [2.75, 3.05) is 0 Å². The molecule has 0 saturated heterocycles. The van der Waals surface area contributed by atoms with Gasteiger partial charge in [0.05, 0.1) is 10.4 Å². The van der Waals surface area contributed by atoms with Gasteiger partial charge in [0.15, 0.2) is 0 Å². The normalized spacial score (nSPS) is 17.9. The number of carboxylic acid groups (broad SMARTS) is 1. The molecule has 0 aliphatic heterocycles. The molecule has 1 aliphatic carbocycles. The zero-order valence-corrected chi connectivity index (χ0v) is 10.2. The summed E-state index contributed by atoms with van der Waals surface area (Å²) in [6, 6.07) is 4.57. The van der Waals surface area contributed by atoms with Crippen molar-refractivity contribution in [1.82, 2.24) is 0 Å². The van der Waals surface area contributed by atoms with Gasteiger partial charge in [0.1, 0.15) is 5.82 Å². The van der Waals surface area contributed by atoms with Crippen molar-refractivity contribution in [2.24, 2.45) is 5.92 Å².